The van der Waals surface area contributed by atoms with E-state index in [2.05, 4.69) is 5.32 Å². The maximum absolute atomic E-state index is 11.3. The minimum Gasteiger partial charge on any atom is -0.480 e. The molecule has 0 heterocycles. The van der Waals surface area contributed by atoms with Crippen LogP contribution < -0.4 is 5.32 Å². The van der Waals surface area contributed by atoms with Crippen molar-refractivity contribution in [2.24, 2.45) is 0 Å². The van der Waals surface area contributed by atoms with Crippen molar-refractivity contribution in [2.75, 3.05) is 7.05 Å². The second-order valence-electron chi connectivity index (χ2n) is 5.59. The molecule has 0 aromatic heterocycles. The van der Waals surface area contributed by atoms with Gasteiger partial charge in [-0.05, 0) is 47.1 Å². The van der Waals surface area contributed by atoms with E-state index < -0.39 is 11.5 Å². The van der Waals surface area contributed by atoms with Crippen LogP contribution in [0.25, 0.3) is 0 Å². The number of carboxylic acids is 1. The predicted molar refractivity (Wildman–Crippen MR) is 62.5 cm³/mol. The molecule has 94 valence electrons. The molecule has 1 saturated carbocycles. The van der Waals surface area contributed by atoms with Gasteiger partial charge in [-0.15, -0.1) is 0 Å². The normalized spacial score (nSPS) is 31.4. The Morgan fingerprint density at radius 2 is 2.12 bits per heavy atom. The van der Waals surface area contributed by atoms with E-state index in [9.17, 15) is 9.90 Å². The van der Waals surface area contributed by atoms with E-state index in [0.29, 0.717) is 12.8 Å². The molecule has 2 N–H and O–H groups in total. The van der Waals surface area contributed by atoms with Crippen LogP contribution in [0.4, 0.5) is 0 Å². The molecule has 0 aliphatic heterocycles. The van der Waals surface area contributed by atoms with Crippen LogP contribution in [0.3, 0.4) is 0 Å². The fraction of sp³-hybridized carbons (Fsp3) is 0.917. The van der Waals surface area contributed by atoms with Gasteiger partial charge in [0.15, 0.2) is 0 Å². The largest absolute Gasteiger partial charge is 0.480 e. The number of hydrogen-bond donors (Lipinski definition) is 2. The summed E-state index contributed by atoms with van der Waals surface area (Å²) in [4.78, 5) is 11.3. The number of ether oxygens (including phenoxy) is 1. The first-order valence-electron chi connectivity index (χ1n) is 5.89. The molecule has 0 amide bonds. The fourth-order valence-corrected chi connectivity index (χ4v) is 2.35. The van der Waals surface area contributed by atoms with Crippen LogP contribution in [0.5, 0.6) is 0 Å². The Kier molecular flexibility index (Phi) is 3.97. The molecule has 0 spiro atoms. The molecule has 0 aromatic rings. The topological polar surface area (TPSA) is 58.6 Å². The van der Waals surface area contributed by atoms with E-state index in [4.69, 9.17) is 4.74 Å². The van der Waals surface area contributed by atoms with Gasteiger partial charge in [0.05, 0.1) is 11.7 Å². The smallest absolute Gasteiger partial charge is 0.323 e. The first-order chi connectivity index (χ1) is 7.29. The zero-order valence-corrected chi connectivity index (χ0v) is 10.7. The standard InChI is InChI=1S/C12H23NO3/c1-11(2,3)16-9-6-5-7-12(8-9,13-4)10(14)15/h9,13H,5-8H2,1-4H3,(H,14,15). The van der Waals surface area contributed by atoms with E-state index in [-0.39, 0.29) is 11.7 Å². The van der Waals surface area contributed by atoms with Crippen LogP contribution in [0.15, 0.2) is 0 Å². The Balaban J connectivity index is 2.69. The Morgan fingerprint density at radius 1 is 1.50 bits per heavy atom. The lowest BCUT2D eigenvalue weighted by molar-refractivity contribution is -0.152. The summed E-state index contributed by atoms with van der Waals surface area (Å²) in [6, 6.07) is 0. The molecule has 0 saturated heterocycles. The number of nitrogens with one attached hydrogen (secondary N) is 1. The quantitative estimate of drug-likeness (QED) is 0.774. The molecule has 1 aliphatic carbocycles. The lowest BCUT2D eigenvalue weighted by atomic mass is 9.80. The Morgan fingerprint density at radius 3 is 2.56 bits per heavy atom. The number of hydrogen-bond acceptors (Lipinski definition) is 3. The van der Waals surface area contributed by atoms with Crippen molar-refractivity contribution >= 4 is 5.97 Å². The molecule has 4 heteroatoms. The fourth-order valence-electron chi connectivity index (χ4n) is 2.35. The molecule has 1 rings (SSSR count). The van der Waals surface area contributed by atoms with Crippen molar-refractivity contribution in [1.29, 1.82) is 0 Å². The summed E-state index contributed by atoms with van der Waals surface area (Å²) in [6.07, 6.45) is 3.12. The van der Waals surface area contributed by atoms with Gasteiger partial charge in [0.2, 0.25) is 0 Å². The minimum atomic E-state index is -0.797. The van der Waals surface area contributed by atoms with Gasteiger partial charge < -0.3 is 15.2 Å². The van der Waals surface area contributed by atoms with E-state index in [1.807, 2.05) is 20.8 Å². The highest BCUT2D eigenvalue weighted by molar-refractivity contribution is 5.79. The maximum Gasteiger partial charge on any atom is 0.323 e. The van der Waals surface area contributed by atoms with Gasteiger partial charge in [0, 0.05) is 6.42 Å². The molecule has 2 atom stereocenters. The first kappa shape index (κ1) is 13.5. The second-order valence-corrected chi connectivity index (χ2v) is 5.59. The average Bonchev–Trinajstić information content (AvgIpc) is 2.15. The molecule has 1 aliphatic rings. The van der Waals surface area contributed by atoms with Crippen molar-refractivity contribution in [3.63, 3.8) is 0 Å². The lowest BCUT2D eigenvalue weighted by Crippen LogP contribution is -2.55. The average molecular weight is 229 g/mol. The monoisotopic (exact) mass is 229 g/mol. The van der Waals surface area contributed by atoms with E-state index in [1.165, 1.54) is 0 Å². The number of carboxylic acid groups (broad SMARTS) is 1. The summed E-state index contributed by atoms with van der Waals surface area (Å²) in [6.45, 7) is 6.01. The van der Waals surface area contributed by atoms with E-state index in [0.717, 1.165) is 12.8 Å². The third-order valence-corrected chi connectivity index (χ3v) is 3.11. The molecule has 0 radical (unpaired) electrons. The van der Waals surface area contributed by atoms with E-state index in [1.54, 1.807) is 7.05 Å². The molecule has 1 fully saturated rings. The predicted octanol–water partition coefficient (Wildman–Crippen LogP) is 1.79. The molecular formula is C12H23NO3. The molecule has 2 unspecified atom stereocenters. The van der Waals surface area contributed by atoms with Gasteiger partial charge in [0.25, 0.3) is 0 Å². The summed E-state index contributed by atoms with van der Waals surface area (Å²) in [5, 5.41) is 12.2. The van der Waals surface area contributed by atoms with Gasteiger partial charge in [-0.3, -0.25) is 4.79 Å². The Labute approximate surface area is 97.4 Å². The van der Waals surface area contributed by atoms with Crippen molar-refractivity contribution in [3.8, 4) is 0 Å². The third-order valence-electron chi connectivity index (χ3n) is 3.11. The van der Waals surface area contributed by atoms with E-state index >= 15 is 0 Å². The minimum absolute atomic E-state index is 0.0392. The highest BCUT2D eigenvalue weighted by Gasteiger charge is 2.42. The van der Waals surface area contributed by atoms with Crippen LogP contribution in [-0.2, 0) is 9.53 Å². The first-order valence-corrected chi connectivity index (χ1v) is 5.89. The van der Waals surface area contributed by atoms with Crippen molar-refractivity contribution in [2.45, 2.75) is 63.7 Å². The number of carbonyl (C=O) groups is 1. The molecule has 0 aromatic carbocycles. The summed E-state index contributed by atoms with van der Waals surface area (Å²) in [5.41, 5.74) is -1.01. The summed E-state index contributed by atoms with van der Waals surface area (Å²) in [7, 11) is 1.72. The molecule has 0 bridgehead atoms. The van der Waals surface area contributed by atoms with Crippen molar-refractivity contribution < 1.29 is 14.6 Å². The number of likely N-dealkylation sites (N-methyl/N-ethyl adjacent to an activating group) is 1. The van der Waals surface area contributed by atoms with Crippen LogP contribution in [0.2, 0.25) is 0 Å². The van der Waals surface area contributed by atoms with Gasteiger partial charge in [-0.25, -0.2) is 0 Å². The van der Waals surface area contributed by atoms with Gasteiger partial charge in [-0.1, -0.05) is 0 Å². The Bertz CT molecular complexity index is 259. The van der Waals surface area contributed by atoms with Crippen molar-refractivity contribution in [1.82, 2.24) is 5.32 Å². The van der Waals surface area contributed by atoms with Crippen LogP contribution >= 0.6 is 0 Å². The lowest BCUT2D eigenvalue weighted by Gasteiger charge is -2.39. The van der Waals surface area contributed by atoms with Crippen LogP contribution in [-0.4, -0.2) is 35.4 Å². The molecule has 4 nitrogen and oxygen atoms in total. The third kappa shape index (κ3) is 3.19. The SMILES string of the molecule is CNC1(C(=O)O)CCCC(OC(C)(C)C)C1. The molecule has 16 heavy (non-hydrogen) atoms. The maximum atomic E-state index is 11.3. The summed E-state index contributed by atoms with van der Waals surface area (Å²) >= 11 is 0. The highest BCUT2D eigenvalue weighted by Crippen LogP contribution is 2.32. The van der Waals surface area contributed by atoms with Gasteiger partial charge in [-0.2, -0.15) is 0 Å². The van der Waals surface area contributed by atoms with Crippen molar-refractivity contribution in [3.05, 3.63) is 0 Å². The zero-order valence-electron chi connectivity index (χ0n) is 10.7. The van der Waals surface area contributed by atoms with Gasteiger partial charge in [0.1, 0.15) is 5.54 Å². The summed E-state index contributed by atoms with van der Waals surface area (Å²) in [5.74, 6) is -0.766. The second kappa shape index (κ2) is 4.72. The Hall–Kier alpha value is -0.610. The molecular weight excluding hydrogens is 206 g/mol. The summed E-state index contributed by atoms with van der Waals surface area (Å²) < 4.78 is 5.88. The van der Waals surface area contributed by atoms with Crippen LogP contribution in [0, 0.1) is 0 Å². The van der Waals surface area contributed by atoms with Gasteiger partial charge >= 0.3 is 5.97 Å². The zero-order chi connectivity index (χ0) is 12.4. The van der Waals surface area contributed by atoms with Crippen LogP contribution in [0.1, 0.15) is 46.5 Å². The number of aliphatic carboxylic acids is 1. The highest BCUT2D eigenvalue weighted by atomic mass is 16.5. The number of rotatable bonds is 3.